The van der Waals surface area contributed by atoms with Gasteiger partial charge in [0.05, 0.1) is 12.1 Å². The second-order valence-corrected chi connectivity index (χ2v) is 4.52. The van der Waals surface area contributed by atoms with Crippen molar-refractivity contribution in [2.45, 2.75) is 44.2 Å². The smallest absolute Gasteiger partial charge is 0.251 e. The summed E-state index contributed by atoms with van der Waals surface area (Å²) in [6.07, 6.45) is 7.67. The molecule has 4 nitrogen and oxygen atoms in total. The Hall–Kier alpha value is -1.42. The quantitative estimate of drug-likeness (QED) is 0.762. The molecule has 2 rings (SSSR count). The molecule has 2 atom stereocenters. The molecule has 0 saturated heterocycles. The first-order chi connectivity index (χ1) is 8.27. The van der Waals surface area contributed by atoms with Crippen LogP contribution < -0.4 is 5.32 Å². The van der Waals surface area contributed by atoms with Gasteiger partial charge in [0, 0.05) is 18.0 Å². The fourth-order valence-corrected chi connectivity index (χ4v) is 2.21. The number of pyridine rings is 1. The van der Waals surface area contributed by atoms with Crippen molar-refractivity contribution in [2.75, 3.05) is 0 Å². The molecule has 1 saturated carbocycles. The standard InChI is InChI=1S/C13H18N2O2/c16-12-5-3-1-2-4-11(12)15-13(17)10-6-8-14-9-7-10/h6-9,11-12,16H,1-5H2,(H,15,17). The van der Waals surface area contributed by atoms with Crippen molar-refractivity contribution in [3.63, 3.8) is 0 Å². The summed E-state index contributed by atoms with van der Waals surface area (Å²) in [5, 5.41) is 12.8. The summed E-state index contributed by atoms with van der Waals surface area (Å²) in [5.74, 6) is -0.127. The van der Waals surface area contributed by atoms with E-state index in [0.29, 0.717) is 5.56 Å². The largest absolute Gasteiger partial charge is 0.391 e. The number of nitrogens with zero attached hydrogens (tertiary/aromatic N) is 1. The third-order valence-electron chi connectivity index (χ3n) is 3.24. The molecule has 0 radical (unpaired) electrons. The number of hydrogen-bond acceptors (Lipinski definition) is 3. The van der Waals surface area contributed by atoms with Gasteiger partial charge in [0.25, 0.3) is 5.91 Å². The lowest BCUT2D eigenvalue weighted by Crippen LogP contribution is -2.42. The predicted octanol–water partition coefficient (Wildman–Crippen LogP) is 1.50. The second kappa shape index (κ2) is 5.77. The lowest BCUT2D eigenvalue weighted by Gasteiger charge is -2.21. The molecule has 1 aliphatic carbocycles. The lowest BCUT2D eigenvalue weighted by atomic mass is 10.1. The number of aliphatic hydroxyl groups excluding tert-OH is 1. The topological polar surface area (TPSA) is 62.2 Å². The van der Waals surface area contributed by atoms with Crippen LogP contribution in [0.4, 0.5) is 0 Å². The van der Waals surface area contributed by atoms with Gasteiger partial charge in [-0.2, -0.15) is 0 Å². The first kappa shape index (κ1) is 12.0. The molecule has 1 aromatic heterocycles. The number of rotatable bonds is 2. The van der Waals surface area contributed by atoms with Crippen LogP contribution in [0.5, 0.6) is 0 Å². The average molecular weight is 234 g/mol. The first-order valence-corrected chi connectivity index (χ1v) is 6.16. The maximum absolute atomic E-state index is 11.9. The van der Waals surface area contributed by atoms with Gasteiger partial charge in [0.1, 0.15) is 0 Å². The van der Waals surface area contributed by atoms with Gasteiger partial charge < -0.3 is 10.4 Å². The van der Waals surface area contributed by atoms with Crippen LogP contribution in [0.3, 0.4) is 0 Å². The highest BCUT2D eigenvalue weighted by atomic mass is 16.3. The van der Waals surface area contributed by atoms with Crippen molar-refractivity contribution < 1.29 is 9.90 Å². The normalized spacial score (nSPS) is 25.0. The maximum Gasteiger partial charge on any atom is 0.251 e. The summed E-state index contributed by atoms with van der Waals surface area (Å²) in [5.41, 5.74) is 0.594. The fraction of sp³-hybridized carbons (Fsp3) is 0.538. The van der Waals surface area contributed by atoms with Gasteiger partial charge in [0.15, 0.2) is 0 Å². The monoisotopic (exact) mass is 234 g/mol. The van der Waals surface area contributed by atoms with Gasteiger partial charge in [-0.15, -0.1) is 0 Å². The molecule has 1 fully saturated rings. The van der Waals surface area contributed by atoms with E-state index in [1.54, 1.807) is 24.5 Å². The number of amides is 1. The molecule has 17 heavy (non-hydrogen) atoms. The molecule has 2 N–H and O–H groups in total. The van der Waals surface area contributed by atoms with E-state index in [4.69, 9.17) is 0 Å². The number of nitrogens with one attached hydrogen (secondary N) is 1. The Kier molecular flexibility index (Phi) is 4.09. The third-order valence-corrected chi connectivity index (χ3v) is 3.24. The summed E-state index contributed by atoms with van der Waals surface area (Å²) in [6.45, 7) is 0. The second-order valence-electron chi connectivity index (χ2n) is 4.52. The van der Waals surface area contributed by atoms with Crippen molar-refractivity contribution in [1.29, 1.82) is 0 Å². The van der Waals surface area contributed by atoms with E-state index in [-0.39, 0.29) is 11.9 Å². The van der Waals surface area contributed by atoms with Crippen LogP contribution in [0.15, 0.2) is 24.5 Å². The number of carbonyl (C=O) groups is 1. The molecule has 1 heterocycles. The highest BCUT2D eigenvalue weighted by Crippen LogP contribution is 2.18. The van der Waals surface area contributed by atoms with Gasteiger partial charge in [0.2, 0.25) is 0 Å². The summed E-state index contributed by atoms with van der Waals surface area (Å²) < 4.78 is 0. The van der Waals surface area contributed by atoms with Crippen LogP contribution in [0.2, 0.25) is 0 Å². The van der Waals surface area contributed by atoms with E-state index in [1.807, 2.05) is 0 Å². The summed E-state index contributed by atoms with van der Waals surface area (Å²) in [4.78, 5) is 15.8. The Morgan fingerprint density at radius 1 is 1.24 bits per heavy atom. The van der Waals surface area contributed by atoms with E-state index in [0.717, 1.165) is 32.1 Å². The Morgan fingerprint density at radius 3 is 2.71 bits per heavy atom. The molecule has 92 valence electrons. The van der Waals surface area contributed by atoms with Crippen LogP contribution >= 0.6 is 0 Å². The van der Waals surface area contributed by atoms with Crippen molar-refractivity contribution in [3.05, 3.63) is 30.1 Å². The first-order valence-electron chi connectivity index (χ1n) is 6.16. The Bertz CT molecular complexity index is 367. The van der Waals surface area contributed by atoms with Crippen molar-refractivity contribution >= 4 is 5.91 Å². The van der Waals surface area contributed by atoms with Crippen molar-refractivity contribution in [3.8, 4) is 0 Å². The molecule has 0 spiro atoms. The lowest BCUT2D eigenvalue weighted by molar-refractivity contribution is 0.0818. The molecule has 2 unspecified atom stereocenters. The number of aromatic nitrogens is 1. The highest BCUT2D eigenvalue weighted by molar-refractivity contribution is 5.94. The van der Waals surface area contributed by atoms with Crippen molar-refractivity contribution in [2.24, 2.45) is 0 Å². The zero-order valence-corrected chi connectivity index (χ0v) is 9.80. The number of hydrogen-bond donors (Lipinski definition) is 2. The molecule has 1 aliphatic rings. The minimum Gasteiger partial charge on any atom is -0.391 e. The van der Waals surface area contributed by atoms with Gasteiger partial charge >= 0.3 is 0 Å². The van der Waals surface area contributed by atoms with Crippen LogP contribution in [0.1, 0.15) is 42.5 Å². The van der Waals surface area contributed by atoms with Crippen LogP contribution in [0, 0.1) is 0 Å². The summed E-state index contributed by atoms with van der Waals surface area (Å²) >= 11 is 0. The molecular formula is C13H18N2O2. The van der Waals surface area contributed by atoms with E-state index >= 15 is 0 Å². The molecule has 1 amide bonds. The minimum absolute atomic E-state index is 0.113. The molecule has 1 aromatic rings. The summed E-state index contributed by atoms with van der Waals surface area (Å²) in [7, 11) is 0. The van der Waals surface area contributed by atoms with Gasteiger partial charge in [-0.3, -0.25) is 9.78 Å². The molecule has 0 bridgehead atoms. The van der Waals surface area contributed by atoms with E-state index in [1.165, 1.54) is 0 Å². The van der Waals surface area contributed by atoms with Crippen LogP contribution in [-0.4, -0.2) is 28.1 Å². The van der Waals surface area contributed by atoms with Crippen LogP contribution in [0.25, 0.3) is 0 Å². The zero-order chi connectivity index (χ0) is 12.1. The fourth-order valence-electron chi connectivity index (χ4n) is 2.21. The predicted molar refractivity (Wildman–Crippen MR) is 64.6 cm³/mol. The van der Waals surface area contributed by atoms with E-state index < -0.39 is 6.10 Å². The Labute approximate surface area is 101 Å². The zero-order valence-electron chi connectivity index (χ0n) is 9.80. The maximum atomic E-state index is 11.9. The third kappa shape index (κ3) is 3.27. The Balaban J connectivity index is 1.98. The number of aliphatic hydroxyl groups is 1. The highest BCUT2D eigenvalue weighted by Gasteiger charge is 2.23. The summed E-state index contributed by atoms with van der Waals surface area (Å²) in [6, 6.07) is 3.25. The Morgan fingerprint density at radius 2 is 1.94 bits per heavy atom. The van der Waals surface area contributed by atoms with Gasteiger partial charge in [-0.25, -0.2) is 0 Å². The van der Waals surface area contributed by atoms with Crippen molar-refractivity contribution in [1.82, 2.24) is 10.3 Å². The average Bonchev–Trinajstić information content (AvgIpc) is 2.56. The van der Waals surface area contributed by atoms with E-state index in [9.17, 15) is 9.90 Å². The molecule has 4 heteroatoms. The number of carbonyl (C=O) groups excluding carboxylic acids is 1. The molecule has 0 aromatic carbocycles. The minimum atomic E-state index is -0.414. The molecule has 0 aliphatic heterocycles. The SMILES string of the molecule is O=C(NC1CCCCCC1O)c1ccncc1. The van der Waals surface area contributed by atoms with Gasteiger partial charge in [-0.05, 0) is 25.0 Å². The van der Waals surface area contributed by atoms with E-state index in [2.05, 4.69) is 10.3 Å². The van der Waals surface area contributed by atoms with Crippen LogP contribution in [-0.2, 0) is 0 Å². The van der Waals surface area contributed by atoms with Gasteiger partial charge in [-0.1, -0.05) is 19.3 Å². The molecular weight excluding hydrogens is 216 g/mol.